The van der Waals surface area contributed by atoms with Crippen molar-refractivity contribution in [1.29, 1.82) is 0 Å². The minimum absolute atomic E-state index is 0.196. The fraction of sp³-hybridized carbons (Fsp3) is 0.714. The molecule has 1 aliphatic rings. The summed E-state index contributed by atoms with van der Waals surface area (Å²) in [5.41, 5.74) is 0.654. The molecule has 2 heterocycles. The van der Waals surface area contributed by atoms with E-state index in [4.69, 9.17) is 20.4 Å². The maximum absolute atomic E-state index is 13.9. The molecular weight excluding hydrogens is 318 g/mol. The van der Waals surface area contributed by atoms with E-state index in [-0.39, 0.29) is 18.0 Å². The van der Waals surface area contributed by atoms with E-state index in [0.717, 1.165) is 24.6 Å². The third kappa shape index (κ3) is 4.32. The van der Waals surface area contributed by atoms with Gasteiger partial charge in [-0.2, -0.15) is 13.2 Å². The van der Waals surface area contributed by atoms with Gasteiger partial charge in [-0.15, -0.1) is 4.37 Å². The quantitative estimate of drug-likeness (QED) is 0.567. The lowest BCUT2D eigenvalue weighted by atomic mass is 9.55. The summed E-state index contributed by atoms with van der Waals surface area (Å²) < 4.78 is 40.7. The molecule has 0 amide bonds. The zero-order valence-electron chi connectivity index (χ0n) is 13.4. The van der Waals surface area contributed by atoms with E-state index < -0.39 is 11.4 Å². The first-order chi connectivity index (χ1) is 10.8. The third-order valence-corrected chi connectivity index (χ3v) is 4.42. The van der Waals surface area contributed by atoms with E-state index in [2.05, 4.69) is 8.75 Å². The maximum atomic E-state index is 13.9. The molecule has 0 bridgehead atoms. The highest BCUT2D eigenvalue weighted by molar-refractivity contribution is 6.99. The van der Waals surface area contributed by atoms with Crippen LogP contribution in [-0.2, 0) is 0 Å². The molecule has 0 unspecified atom stereocenters. The van der Waals surface area contributed by atoms with Gasteiger partial charge in [0.2, 0.25) is 0 Å². The summed E-state index contributed by atoms with van der Waals surface area (Å²) in [6, 6.07) is 0. The summed E-state index contributed by atoms with van der Waals surface area (Å²) in [5, 5.41) is -1.29. The second-order valence-electron chi connectivity index (χ2n) is 5.77. The van der Waals surface area contributed by atoms with Crippen LogP contribution in [0.1, 0.15) is 44.7 Å². The van der Waals surface area contributed by atoms with Crippen LogP contribution < -0.4 is 4.74 Å². The molecule has 1 aromatic heterocycles. The Morgan fingerprint density at radius 2 is 2.13 bits per heavy atom. The second kappa shape index (κ2) is 7.30. The van der Waals surface area contributed by atoms with Gasteiger partial charge in [-0.25, -0.2) is 0 Å². The molecule has 1 aliphatic heterocycles. The fourth-order valence-electron chi connectivity index (χ4n) is 2.43. The van der Waals surface area contributed by atoms with Crippen LogP contribution in [0.15, 0.2) is 6.08 Å². The van der Waals surface area contributed by atoms with Gasteiger partial charge in [0.05, 0.1) is 33.8 Å². The average molecular weight is 337 g/mol. The topological polar surface area (TPSA) is 38.3 Å². The molecule has 4 nitrogen and oxygen atoms in total. The van der Waals surface area contributed by atoms with Crippen molar-refractivity contribution in [3.63, 3.8) is 0 Å². The minimum Gasteiger partial charge on any atom is -0.411 e. The van der Waals surface area contributed by atoms with Gasteiger partial charge in [0.25, 0.3) is 5.88 Å². The summed E-state index contributed by atoms with van der Waals surface area (Å²) in [6.45, 7) is 2.63. The first-order valence-corrected chi connectivity index (χ1v) is 8.40. The Bertz CT molecular complexity index is 566. The van der Waals surface area contributed by atoms with Crippen LogP contribution >= 0.6 is 11.7 Å². The number of hydrogen-bond acceptors (Lipinski definition) is 5. The zero-order chi connectivity index (χ0) is 17.1. The van der Waals surface area contributed by atoms with Gasteiger partial charge in [0.1, 0.15) is 5.69 Å². The lowest BCUT2D eigenvalue weighted by Crippen LogP contribution is -2.51. The summed E-state index contributed by atoms with van der Waals surface area (Å²) >= 11 is 0.802. The van der Waals surface area contributed by atoms with E-state index in [1.165, 1.54) is 0 Å². The van der Waals surface area contributed by atoms with Gasteiger partial charge in [0, 0.05) is 6.54 Å². The van der Waals surface area contributed by atoms with Gasteiger partial charge >= 0.3 is 6.11 Å². The molecule has 9 heteroatoms. The Morgan fingerprint density at radius 1 is 1.39 bits per heavy atom. The van der Waals surface area contributed by atoms with Crippen molar-refractivity contribution < 1.29 is 13.5 Å². The molecule has 0 aliphatic carbocycles. The van der Waals surface area contributed by atoms with Crippen molar-refractivity contribution >= 4 is 33.0 Å². The predicted octanol–water partition coefficient (Wildman–Crippen LogP) is 2.80. The molecule has 23 heavy (non-hydrogen) atoms. The van der Waals surface area contributed by atoms with Crippen LogP contribution in [0.3, 0.4) is 0 Å². The molecular formula is C14H19B2F2N3OS. The Balaban J connectivity index is 2.18. The summed E-state index contributed by atoms with van der Waals surface area (Å²) in [7, 11) is 14.0. The van der Waals surface area contributed by atoms with Gasteiger partial charge in [0.15, 0.2) is 0 Å². The van der Waals surface area contributed by atoms with Crippen molar-refractivity contribution in [1.82, 2.24) is 13.6 Å². The van der Waals surface area contributed by atoms with Crippen molar-refractivity contribution in [3.05, 3.63) is 11.8 Å². The van der Waals surface area contributed by atoms with Crippen LogP contribution in [0, 0.1) is 0 Å². The van der Waals surface area contributed by atoms with E-state index in [9.17, 15) is 8.78 Å². The zero-order valence-corrected chi connectivity index (χ0v) is 14.2. The molecule has 0 fully saturated rings. The smallest absolute Gasteiger partial charge is 0.399 e. The molecule has 4 radical (unpaired) electrons. The van der Waals surface area contributed by atoms with Crippen molar-refractivity contribution in [2.24, 2.45) is 0 Å². The summed E-state index contributed by atoms with van der Waals surface area (Å²) in [6.07, 6.45) is 0.845. The molecule has 2 rings (SSSR count). The number of likely N-dealkylation sites (N-methyl/N-ethyl adjacent to an activating group) is 1. The van der Waals surface area contributed by atoms with E-state index in [1.807, 2.05) is 6.92 Å². The third-order valence-electron chi connectivity index (χ3n) is 3.91. The van der Waals surface area contributed by atoms with E-state index >= 15 is 0 Å². The molecule has 0 saturated carbocycles. The number of rotatable bonds is 7. The average Bonchev–Trinajstić information content (AvgIpc) is 2.89. The normalized spacial score (nSPS) is 18.7. The van der Waals surface area contributed by atoms with E-state index in [0.29, 0.717) is 25.0 Å². The molecule has 1 aromatic rings. The lowest BCUT2D eigenvalue weighted by molar-refractivity contribution is -0.183. The van der Waals surface area contributed by atoms with Crippen LogP contribution in [0.5, 0.6) is 5.88 Å². The first kappa shape index (κ1) is 18.4. The summed E-state index contributed by atoms with van der Waals surface area (Å²) in [5.74, 6) is -0.210. The number of aromatic nitrogens is 2. The second-order valence-corrected chi connectivity index (χ2v) is 6.30. The molecule has 0 N–H and O–H groups in total. The number of alkyl halides is 2. The molecule has 0 spiro atoms. The summed E-state index contributed by atoms with van der Waals surface area (Å²) in [4.78, 5) is 1.74. The molecule has 0 atom stereocenters. The Morgan fingerprint density at radius 3 is 2.83 bits per heavy atom. The molecule has 122 valence electrons. The predicted molar refractivity (Wildman–Crippen MR) is 89.1 cm³/mol. The van der Waals surface area contributed by atoms with Crippen LogP contribution in [0.2, 0.25) is 0 Å². The highest BCUT2D eigenvalue weighted by Crippen LogP contribution is 2.37. The first-order valence-electron chi connectivity index (χ1n) is 7.67. The Kier molecular flexibility index (Phi) is 5.84. The van der Waals surface area contributed by atoms with Gasteiger partial charge in [-0.1, -0.05) is 25.8 Å². The highest BCUT2D eigenvalue weighted by atomic mass is 32.1. The maximum Gasteiger partial charge on any atom is 0.399 e. The van der Waals surface area contributed by atoms with Crippen molar-refractivity contribution in [2.75, 3.05) is 13.6 Å². The van der Waals surface area contributed by atoms with Crippen molar-refractivity contribution in [2.45, 2.75) is 50.5 Å². The Hall–Kier alpha value is -0.950. The highest BCUT2D eigenvalue weighted by Gasteiger charge is 2.37. The Labute approximate surface area is 142 Å². The van der Waals surface area contributed by atoms with Gasteiger partial charge in [-0.3, -0.25) is 0 Å². The monoisotopic (exact) mass is 337 g/mol. The number of halogens is 2. The standard InChI is InChI=1S/C14H19B2F2N3OS/c1-3-4-5-8-13(17,18)22-12-11(19-23-20-12)10-7-6-9-21(2)14(10,15)16/h7H,3-6,8-9H2,1-2H3. The van der Waals surface area contributed by atoms with E-state index in [1.54, 1.807) is 18.0 Å². The number of hydrogen-bond donors (Lipinski definition) is 0. The van der Waals surface area contributed by atoms with Gasteiger partial charge in [-0.05, 0) is 30.8 Å². The largest absolute Gasteiger partial charge is 0.411 e. The minimum atomic E-state index is -3.29. The number of ether oxygens (including phenoxy) is 1. The van der Waals surface area contributed by atoms with Crippen molar-refractivity contribution in [3.8, 4) is 5.88 Å². The number of unbranched alkanes of at least 4 members (excludes halogenated alkanes) is 2. The van der Waals surface area contributed by atoms with Crippen LogP contribution in [-0.4, -0.2) is 54.4 Å². The molecule has 0 aromatic carbocycles. The SMILES string of the molecule is [B]C1([B])C(c2nsnc2OC(F)(F)CCCCC)=CCCN1C. The van der Waals surface area contributed by atoms with Gasteiger partial charge < -0.3 is 9.64 Å². The molecule has 0 saturated heterocycles. The fourth-order valence-corrected chi connectivity index (χ4v) is 2.93. The number of nitrogens with zero attached hydrogens (tertiary/aromatic N) is 3. The lowest BCUT2D eigenvalue weighted by Gasteiger charge is -2.41. The van der Waals surface area contributed by atoms with Crippen LogP contribution in [0.25, 0.3) is 5.57 Å². The van der Waals surface area contributed by atoms with Crippen LogP contribution in [0.4, 0.5) is 8.78 Å².